The van der Waals surface area contributed by atoms with Crippen LogP contribution in [0.5, 0.6) is 0 Å². The van der Waals surface area contributed by atoms with Crippen LogP contribution in [0.4, 0.5) is 4.79 Å². The van der Waals surface area contributed by atoms with Gasteiger partial charge in [0.15, 0.2) is 0 Å². The Balaban J connectivity index is 1.86. The van der Waals surface area contributed by atoms with Crippen molar-refractivity contribution in [2.24, 2.45) is 0 Å². The van der Waals surface area contributed by atoms with E-state index >= 15 is 0 Å². The maximum absolute atomic E-state index is 12.3. The molecule has 0 bridgehead atoms. The Bertz CT molecular complexity index is 507. The zero-order valence-electron chi connectivity index (χ0n) is 13.7. The fraction of sp³-hybridized carbons (Fsp3) is 0.529. The van der Waals surface area contributed by atoms with Crippen LogP contribution in [0, 0.1) is 0 Å². The highest BCUT2D eigenvalue weighted by molar-refractivity contribution is 5.76. The Morgan fingerprint density at radius 2 is 1.96 bits per heavy atom. The molecule has 0 atom stereocenters. The van der Waals surface area contributed by atoms with Crippen LogP contribution in [0.1, 0.15) is 18.4 Å². The Kier molecular flexibility index (Phi) is 6.87. The molecular weight excluding hydrogens is 294 g/mol. The highest BCUT2D eigenvalue weighted by atomic mass is 16.6. The van der Waals surface area contributed by atoms with Gasteiger partial charge in [-0.2, -0.15) is 0 Å². The summed E-state index contributed by atoms with van der Waals surface area (Å²) in [4.78, 5) is 27.7. The third-order valence-corrected chi connectivity index (χ3v) is 3.86. The SMILES string of the molecule is CN1CCC(=O)NCCCN(C(=O)OCc2ccccc2)CC1. The number of benzene rings is 1. The minimum atomic E-state index is -0.298. The van der Waals surface area contributed by atoms with Crippen LogP contribution in [0.25, 0.3) is 0 Å². The van der Waals surface area contributed by atoms with E-state index in [-0.39, 0.29) is 18.6 Å². The van der Waals surface area contributed by atoms with Crippen molar-refractivity contribution in [1.29, 1.82) is 0 Å². The van der Waals surface area contributed by atoms with Gasteiger partial charge < -0.3 is 19.9 Å². The number of likely N-dealkylation sites (N-methyl/N-ethyl adjacent to an activating group) is 1. The van der Waals surface area contributed by atoms with E-state index in [9.17, 15) is 9.59 Å². The lowest BCUT2D eigenvalue weighted by Crippen LogP contribution is -2.38. The third-order valence-electron chi connectivity index (χ3n) is 3.86. The molecule has 0 saturated carbocycles. The molecule has 1 fully saturated rings. The van der Waals surface area contributed by atoms with E-state index in [0.29, 0.717) is 32.6 Å². The lowest BCUT2D eigenvalue weighted by molar-refractivity contribution is -0.121. The quantitative estimate of drug-likeness (QED) is 0.897. The maximum Gasteiger partial charge on any atom is 0.410 e. The summed E-state index contributed by atoms with van der Waals surface area (Å²) in [5.74, 6) is 0.0666. The molecule has 6 nitrogen and oxygen atoms in total. The van der Waals surface area contributed by atoms with Crippen LogP contribution in [-0.2, 0) is 16.1 Å². The molecule has 0 unspecified atom stereocenters. The first-order chi connectivity index (χ1) is 11.1. The van der Waals surface area contributed by atoms with Crippen LogP contribution in [0.15, 0.2) is 30.3 Å². The second-order valence-electron chi connectivity index (χ2n) is 5.78. The van der Waals surface area contributed by atoms with E-state index in [1.165, 1.54) is 0 Å². The van der Waals surface area contributed by atoms with Gasteiger partial charge in [0.2, 0.25) is 5.91 Å². The van der Waals surface area contributed by atoms with E-state index in [1.54, 1.807) is 4.90 Å². The van der Waals surface area contributed by atoms with Gasteiger partial charge in [-0.25, -0.2) is 4.79 Å². The molecule has 2 rings (SSSR count). The molecule has 1 heterocycles. The molecule has 1 N–H and O–H groups in total. The van der Waals surface area contributed by atoms with Gasteiger partial charge in [0, 0.05) is 39.1 Å². The molecule has 23 heavy (non-hydrogen) atoms. The molecule has 0 aromatic heterocycles. The standard InChI is InChI=1S/C17H25N3O3/c1-19-11-8-16(21)18-9-5-10-20(13-12-19)17(22)23-14-15-6-3-2-4-7-15/h2-4,6-7H,5,8-14H2,1H3,(H,18,21). The number of hydrogen-bond acceptors (Lipinski definition) is 4. The number of rotatable bonds is 2. The molecule has 2 amide bonds. The van der Waals surface area contributed by atoms with E-state index in [2.05, 4.69) is 10.2 Å². The molecule has 1 aromatic rings. The van der Waals surface area contributed by atoms with E-state index in [0.717, 1.165) is 18.5 Å². The van der Waals surface area contributed by atoms with Crippen molar-refractivity contribution in [3.05, 3.63) is 35.9 Å². The van der Waals surface area contributed by atoms with Crippen LogP contribution in [-0.4, -0.2) is 61.6 Å². The largest absolute Gasteiger partial charge is 0.445 e. The summed E-state index contributed by atoms with van der Waals surface area (Å²) in [6.45, 7) is 3.49. The second-order valence-corrected chi connectivity index (χ2v) is 5.78. The molecule has 0 aliphatic carbocycles. The van der Waals surface area contributed by atoms with Gasteiger partial charge in [-0.1, -0.05) is 30.3 Å². The minimum Gasteiger partial charge on any atom is -0.445 e. The van der Waals surface area contributed by atoms with Crippen molar-refractivity contribution in [2.45, 2.75) is 19.4 Å². The minimum absolute atomic E-state index is 0.0666. The van der Waals surface area contributed by atoms with Crippen LogP contribution < -0.4 is 5.32 Å². The molecule has 6 heteroatoms. The smallest absolute Gasteiger partial charge is 0.410 e. The van der Waals surface area contributed by atoms with Crippen molar-refractivity contribution in [3.8, 4) is 0 Å². The molecule has 0 spiro atoms. The van der Waals surface area contributed by atoms with E-state index < -0.39 is 0 Å². The van der Waals surface area contributed by atoms with Crippen molar-refractivity contribution in [3.63, 3.8) is 0 Å². The molecule has 126 valence electrons. The summed E-state index contributed by atoms with van der Waals surface area (Å²) in [5, 5.41) is 2.87. The summed E-state index contributed by atoms with van der Waals surface area (Å²) in [6.07, 6.45) is 0.929. The normalized spacial score (nSPS) is 18.0. The lowest BCUT2D eigenvalue weighted by atomic mass is 10.2. The number of carbonyl (C=O) groups excluding carboxylic acids is 2. The molecule has 1 aliphatic rings. The van der Waals surface area contributed by atoms with Crippen molar-refractivity contribution in [2.75, 3.05) is 39.8 Å². The lowest BCUT2D eigenvalue weighted by Gasteiger charge is -2.24. The predicted octanol–water partition coefficient (Wildman–Crippen LogP) is 1.47. The van der Waals surface area contributed by atoms with E-state index in [4.69, 9.17) is 4.74 Å². The molecule has 0 radical (unpaired) electrons. The van der Waals surface area contributed by atoms with Crippen LogP contribution in [0.3, 0.4) is 0 Å². The Hall–Kier alpha value is -2.08. The number of hydrogen-bond donors (Lipinski definition) is 1. The Morgan fingerprint density at radius 3 is 2.74 bits per heavy atom. The predicted molar refractivity (Wildman–Crippen MR) is 87.9 cm³/mol. The Labute approximate surface area is 137 Å². The van der Waals surface area contributed by atoms with Gasteiger partial charge in [0.05, 0.1) is 0 Å². The molecule has 1 aromatic carbocycles. The van der Waals surface area contributed by atoms with Gasteiger partial charge in [-0.15, -0.1) is 0 Å². The molecule has 1 aliphatic heterocycles. The summed E-state index contributed by atoms with van der Waals surface area (Å²) < 4.78 is 5.40. The van der Waals surface area contributed by atoms with Gasteiger partial charge >= 0.3 is 6.09 Å². The second kappa shape index (κ2) is 9.15. The maximum atomic E-state index is 12.3. The Morgan fingerprint density at radius 1 is 1.17 bits per heavy atom. The third kappa shape index (κ3) is 6.28. The van der Waals surface area contributed by atoms with Gasteiger partial charge in [0.1, 0.15) is 6.61 Å². The fourth-order valence-electron chi connectivity index (χ4n) is 2.39. The van der Waals surface area contributed by atoms with E-state index in [1.807, 2.05) is 37.4 Å². The van der Waals surface area contributed by atoms with Crippen molar-refractivity contribution < 1.29 is 14.3 Å². The topological polar surface area (TPSA) is 61.9 Å². The summed E-state index contributed by atoms with van der Waals surface area (Å²) in [6, 6.07) is 9.65. The monoisotopic (exact) mass is 319 g/mol. The van der Waals surface area contributed by atoms with Crippen molar-refractivity contribution >= 4 is 12.0 Å². The molecule has 1 saturated heterocycles. The summed E-state index contributed by atoms with van der Waals surface area (Å²) in [5.41, 5.74) is 0.975. The summed E-state index contributed by atoms with van der Waals surface area (Å²) in [7, 11) is 1.96. The van der Waals surface area contributed by atoms with Gasteiger partial charge in [-0.05, 0) is 19.0 Å². The first-order valence-corrected chi connectivity index (χ1v) is 8.06. The summed E-state index contributed by atoms with van der Waals surface area (Å²) >= 11 is 0. The average Bonchev–Trinajstić information content (AvgIpc) is 2.60. The van der Waals surface area contributed by atoms with Gasteiger partial charge in [0.25, 0.3) is 0 Å². The molecular formula is C17H25N3O3. The highest BCUT2D eigenvalue weighted by Crippen LogP contribution is 2.05. The first kappa shape index (κ1) is 17.3. The number of nitrogens with zero attached hydrogens (tertiary/aromatic N) is 2. The zero-order valence-corrected chi connectivity index (χ0v) is 13.7. The number of carbonyl (C=O) groups is 2. The highest BCUT2D eigenvalue weighted by Gasteiger charge is 2.17. The van der Waals surface area contributed by atoms with Crippen molar-refractivity contribution in [1.82, 2.24) is 15.1 Å². The number of nitrogens with one attached hydrogen (secondary N) is 1. The fourth-order valence-corrected chi connectivity index (χ4v) is 2.39. The number of amides is 2. The first-order valence-electron chi connectivity index (χ1n) is 8.06. The zero-order chi connectivity index (χ0) is 16.5. The van der Waals surface area contributed by atoms with Crippen LogP contribution in [0.2, 0.25) is 0 Å². The van der Waals surface area contributed by atoms with Gasteiger partial charge in [-0.3, -0.25) is 4.79 Å². The van der Waals surface area contributed by atoms with Crippen LogP contribution >= 0.6 is 0 Å². The number of ether oxygens (including phenoxy) is 1. The average molecular weight is 319 g/mol.